The number of H-pyrrole nitrogens is 1. The molecule has 60 heavy (non-hydrogen) atoms. The molecule has 4 aromatic rings. The van der Waals surface area contributed by atoms with Crippen LogP contribution in [0.4, 0.5) is 8.78 Å². The summed E-state index contributed by atoms with van der Waals surface area (Å²) in [6.07, 6.45) is 10.2. The summed E-state index contributed by atoms with van der Waals surface area (Å²) in [7, 11) is 1.77. The molecule has 0 radical (unpaired) electrons. The Labute approximate surface area is 352 Å². The van der Waals surface area contributed by atoms with Crippen molar-refractivity contribution in [1.29, 1.82) is 0 Å². The number of aromatic nitrogens is 3. The van der Waals surface area contributed by atoms with E-state index in [1.807, 2.05) is 42.1 Å². The van der Waals surface area contributed by atoms with Gasteiger partial charge in [0.05, 0.1) is 22.8 Å². The van der Waals surface area contributed by atoms with Crippen LogP contribution in [-0.4, -0.2) is 92.1 Å². The number of likely N-dealkylation sites (tertiary alicyclic amines) is 2. The SMILES string of the molecule is CC[C@@H](C)C(=O)N[C@@H](CC)C(=O)N1CCC[C@H]1Cn1c(-c2[nH]c3cc(F)ccc3c2C[C@@H]2CCCN2C(=O)[C@@H](CC(=O)[C@H](C)NC)C2CCCCC2)nc2cc(F)ccc21. The molecule has 2 aromatic carbocycles. The summed E-state index contributed by atoms with van der Waals surface area (Å²) < 4.78 is 31.8. The van der Waals surface area contributed by atoms with E-state index in [1.54, 1.807) is 19.2 Å². The maximum atomic E-state index is 14.9. The lowest BCUT2D eigenvalue weighted by atomic mass is 9.76. The number of nitrogens with one attached hydrogen (secondary N) is 3. The highest BCUT2D eigenvalue weighted by molar-refractivity contribution is 5.93. The molecule has 324 valence electrons. The Bertz CT molecular complexity index is 2190. The van der Waals surface area contributed by atoms with E-state index in [9.17, 15) is 28.0 Å². The molecule has 2 saturated heterocycles. The minimum absolute atomic E-state index is 0.0490. The molecule has 6 atom stereocenters. The Kier molecular flexibility index (Phi) is 13.7. The van der Waals surface area contributed by atoms with Gasteiger partial charge in [0, 0.05) is 66.9 Å². The Morgan fingerprint density at radius 2 is 1.53 bits per heavy atom. The van der Waals surface area contributed by atoms with Gasteiger partial charge in [-0.3, -0.25) is 19.2 Å². The second kappa shape index (κ2) is 19.0. The summed E-state index contributed by atoms with van der Waals surface area (Å²) in [5.74, 6) is -0.836. The standard InChI is InChI=1S/C47H63F2N7O4/c1-6-28(3)45(58)53-38(7-2)47(60)55-22-12-16-34(55)27-56-41-20-18-32(49)24-40(41)52-44(56)43-37(35-19-17-31(48)23-39(35)51-43)25-33-15-11-21-54(33)46(59)36(26-42(57)29(4)50-5)30-13-9-8-10-14-30/h17-20,23-24,28-30,33-34,36,38,50-51H,6-16,21-22,25-27H2,1-5H3,(H,53,58)/t28-,29+,33+,34+,36+,38+/m1/s1. The molecule has 13 heteroatoms. The molecule has 1 aliphatic carbocycles. The number of Topliss-reactive ketones (excluding diaryl/α,β-unsaturated/α-hetero) is 1. The number of nitrogens with zero attached hydrogens (tertiary/aromatic N) is 4. The number of hydrogen-bond donors (Lipinski definition) is 3. The van der Waals surface area contributed by atoms with Crippen molar-refractivity contribution in [3.8, 4) is 11.5 Å². The second-order valence-electron chi connectivity index (χ2n) is 17.7. The van der Waals surface area contributed by atoms with Crippen LogP contribution in [0.2, 0.25) is 0 Å². The van der Waals surface area contributed by atoms with Gasteiger partial charge in [0.1, 0.15) is 23.5 Å². The fourth-order valence-corrected chi connectivity index (χ4v) is 10.0. The van der Waals surface area contributed by atoms with Crippen LogP contribution in [-0.2, 0) is 32.1 Å². The van der Waals surface area contributed by atoms with E-state index < -0.39 is 17.7 Å². The van der Waals surface area contributed by atoms with E-state index in [1.165, 1.54) is 24.3 Å². The zero-order chi connectivity index (χ0) is 42.7. The molecule has 2 aromatic heterocycles. The average Bonchev–Trinajstić information content (AvgIpc) is 4.07. The normalized spacial score (nSPS) is 20.8. The Balaban J connectivity index is 1.24. The molecular weight excluding hydrogens is 765 g/mol. The number of hydrogen-bond acceptors (Lipinski definition) is 6. The highest BCUT2D eigenvalue weighted by atomic mass is 19.1. The van der Waals surface area contributed by atoms with Gasteiger partial charge in [0.25, 0.3) is 0 Å². The molecule has 4 heterocycles. The van der Waals surface area contributed by atoms with Crippen molar-refractivity contribution in [3.05, 3.63) is 53.6 Å². The third kappa shape index (κ3) is 9.02. The number of fused-ring (bicyclic) bond motifs is 2. The maximum Gasteiger partial charge on any atom is 0.245 e. The number of rotatable bonds is 16. The highest BCUT2D eigenvalue weighted by Gasteiger charge is 2.40. The van der Waals surface area contributed by atoms with Crippen molar-refractivity contribution in [3.63, 3.8) is 0 Å². The first-order valence-corrected chi connectivity index (χ1v) is 22.5. The maximum absolute atomic E-state index is 14.9. The van der Waals surface area contributed by atoms with Crippen molar-refractivity contribution in [2.24, 2.45) is 17.8 Å². The minimum Gasteiger partial charge on any atom is -0.352 e. The third-order valence-corrected chi connectivity index (χ3v) is 13.9. The van der Waals surface area contributed by atoms with Crippen LogP contribution in [0.15, 0.2) is 36.4 Å². The lowest BCUT2D eigenvalue weighted by Gasteiger charge is -2.35. The van der Waals surface area contributed by atoms with Crippen LogP contribution in [0.5, 0.6) is 0 Å². The average molecular weight is 828 g/mol. The number of halogens is 2. The van der Waals surface area contributed by atoms with Gasteiger partial charge >= 0.3 is 0 Å². The van der Waals surface area contributed by atoms with Crippen molar-refractivity contribution < 1.29 is 28.0 Å². The zero-order valence-electron chi connectivity index (χ0n) is 36.0. The molecule has 3 N–H and O–H groups in total. The topological polar surface area (TPSA) is 132 Å². The highest BCUT2D eigenvalue weighted by Crippen LogP contribution is 2.39. The van der Waals surface area contributed by atoms with Gasteiger partial charge in [-0.05, 0) is 114 Å². The van der Waals surface area contributed by atoms with Crippen LogP contribution in [0.3, 0.4) is 0 Å². The number of aromatic amines is 1. The number of carbonyl (C=O) groups is 4. The van der Waals surface area contributed by atoms with Gasteiger partial charge in [0.2, 0.25) is 17.7 Å². The molecule has 0 bridgehead atoms. The van der Waals surface area contributed by atoms with Gasteiger partial charge in [0.15, 0.2) is 5.82 Å². The monoisotopic (exact) mass is 827 g/mol. The van der Waals surface area contributed by atoms with Crippen LogP contribution >= 0.6 is 0 Å². The summed E-state index contributed by atoms with van der Waals surface area (Å²) in [5, 5.41) is 6.87. The lowest BCUT2D eigenvalue weighted by molar-refractivity contribution is -0.141. The molecule has 3 amide bonds. The number of ketones is 1. The Morgan fingerprint density at radius 3 is 2.23 bits per heavy atom. The summed E-state index contributed by atoms with van der Waals surface area (Å²) in [6, 6.07) is 7.86. The summed E-state index contributed by atoms with van der Waals surface area (Å²) in [5.41, 5.74) is 3.30. The number of amides is 3. The quantitative estimate of drug-likeness (QED) is 0.106. The van der Waals surface area contributed by atoms with Crippen LogP contribution in [0.1, 0.15) is 110 Å². The van der Waals surface area contributed by atoms with Crippen molar-refractivity contribution in [1.82, 2.24) is 35.0 Å². The van der Waals surface area contributed by atoms with Gasteiger partial charge in [-0.25, -0.2) is 13.8 Å². The van der Waals surface area contributed by atoms with E-state index >= 15 is 0 Å². The first-order chi connectivity index (χ1) is 28.9. The predicted molar refractivity (Wildman–Crippen MR) is 230 cm³/mol. The van der Waals surface area contributed by atoms with Crippen LogP contribution < -0.4 is 10.6 Å². The number of benzene rings is 2. The molecule has 0 spiro atoms. The first-order valence-electron chi connectivity index (χ1n) is 22.5. The van der Waals surface area contributed by atoms with Crippen molar-refractivity contribution >= 4 is 45.4 Å². The molecular formula is C47H63F2N7O4. The van der Waals surface area contributed by atoms with Crippen molar-refractivity contribution in [2.45, 2.75) is 142 Å². The van der Waals surface area contributed by atoms with Gasteiger partial charge in [-0.15, -0.1) is 0 Å². The number of likely N-dealkylation sites (N-methyl/N-ethyl adjacent to an activating group) is 1. The van der Waals surface area contributed by atoms with E-state index in [-0.39, 0.29) is 65.8 Å². The van der Waals surface area contributed by atoms with E-state index in [2.05, 4.69) is 15.6 Å². The Hall–Kier alpha value is -4.65. The van der Waals surface area contributed by atoms with Crippen LogP contribution in [0.25, 0.3) is 33.5 Å². The molecule has 11 nitrogen and oxygen atoms in total. The molecule has 2 aliphatic heterocycles. The number of carbonyl (C=O) groups excluding carboxylic acids is 4. The zero-order valence-corrected chi connectivity index (χ0v) is 36.0. The molecule has 7 rings (SSSR count). The molecule has 1 saturated carbocycles. The Morgan fingerprint density at radius 1 is 0.850 bits per heavy atom. The molecule has 0 unspecified atom stereocenters. The van der Waals surface area contributed by atoms with Gasteiger partial charge in [-0.2, -0.15) is 0 Å². The van der Waals surface area contributed by atoms with E-state index in [0.717, 1.165) is 68.7 Å². The fourth-order valence-electron chi connectivity index (χ4n) is 10.0. The number of imidazole rings is 1. The van der Waals surface area contributed by atoms with E-state index in [0.29, 0.717) is 67.0 Å². The van der Waals surface area contributed by atoms with Crippen LogP contribution in [0, 0.1) is 29.4 Å². The fraction of sp³-hybridized carbons (Fsp3) is 0.596. The van der Waals surface area contributed by atoms with Gasteiger partial charge in [-0.1, -0.05) is 40.0 Å². The van der Waals surface area contributed by atoms with E-state index in [4.69, 9.17) is 4.98 Å². The largest absolute Gasteiger partial charge is 0.352 e. The summed E-state index contributed by atoms with van der Waals surface area (Å²) in [6.45, 7) is 9.10. The molecule has 3 fully saturated rings. The smallest absolute Gasteiger partial charge is 0.245 e. The molecule has 3 aliphatic rings. The minimum atomic E-state index is -0.644. The summed E-state index contributed by atoms with van der Waals surface area (Å²) in [4.78, 5) is 67.5. The lowest BCUT2D eigenvalue weighted by Crippen LogP contribution is -2.51. The first kappa shape index (κ1) is 43.4. The summed E-state index contributed by atoms with van der Waals surface area (Å²) >= 11 is 0. The predicted octanol–water partition coefficient (Wildman–Crippen LogP) is 7.69. The third-order valence-electron chi connectivity index (χ3n) is 13.9. The van der Waals surface area contributed by atoms with Gasteiger partial charge < -0.3 is 30.0 Å². The van der Waals surface area contributed by atoms with Crippen molar-refractivity contribution in [2.75, 3.05) is 20.1 Å². The second-order valence-corrected chi connectivity index (χ2v) is 17.7.